The van der Waals surface area contributed by atoms with Crippen LogP contribution in [0.1, 0.15) is 60.8 Å². The van der Waals surface area contributed by atoms with Gasteiger partial charge in [0.25, 0.3) is 0 Å². The summed E-state index contributed by atoms with van der Waals surface area (Å²) >= 11 is 0. The van der Waals surface area contributed by atoms with Crippen LogP contribution in [-0.4, -0.2) is 24.7 Å². The highest BCUT2D eigenvalue weighted by molar-refractivity contribution is 5.80. The molecule has 0 saturated heterocycles. The zero-order valence-electron chi connectivity index (χ0n) is 14.0. The fourth-order valence-electron chi connectivity index (χ4n) is 4.12. The summed E-state index contributed by atoms with van der Waals surface area (Å²) in [5.41, 5.74) is 0.581. The van der Waals surface area contributed by atoms with Gasteiger partial charge in [-0.05, 0) is 48.9 Å². The number of amides is 1. The first-order valence-electron chi connectivity index (χ1n) is 8.10. The Labute approximate surface area is 123 Å². The lowest BCUT2D eigenvalue weighted by Gasteiger charge is -2.39. The van der Waals surface area contributed by atoms with E-state index in [9.17, 15) is 4.79 Å². The van der Waals surface area contributed by atoms with Crippen molar-refractivity contribution >= 4 is 5.91 Å². The van der Waals surface area contributed by atoms with Crippen LogP contribution in [-0.2, 0) is 9.53 Å². The fourth-order valence-corrected chi connectivity index (χ4v) is 4.12. The molecule has 2 fully saturated rings. The molecule has 2 saturated carbocycles. The van der Waals surface area contributed by atoms with Gasteiger partial charge in [-0.1, -0.05) is 34.6 Å². The number of carbonyl (C=O) groups is 1. The summed E-state index contributed by atoms with van der Waals surface area (Å²) in [5, 5.41) is 3.27. The maximum atomic E-state index is 12.3. The smallest absolute Gasteiger partial charge is 0.249 e. The van der Waals surface area contributed by atoms with Crippen LogP contribution in [0.5, 0.6) is 0 Å². The molecule has 20 heavy (non-hydrogen) atoms. The molecule has 116 valence electrons. The lowest BCUT2D eigenvalue weighted by atomic mass is 9.69. The Bertz CT molecular complexity index is 377. The number of fused-ring (bicyclic) bond motifs is 2. The summed E-state index contributed by atoms with van der Waals surface area (Å²) in [6, 6.07) is 0.314. The molecule has 0 aliphatic heterocycles. The highest BCUT2D eigenvalue weighted by Gasteiger charge is 2.61. The van der Waals surface area contributed by atoms with Crippen LogP contribution in [0, 0.1) is 22.7 Å². The third-order valence-corrected chi connectivity index (χ3v) is 6.16. The van der Waals surface area contributed by atoms with Crippen molar-refractivity contribution in [2.75, 3.05) is 6.61 Å². The van der Waals surface area contributed by atoms with Gasteiger partial charge >= 0.3 is 0 Å². The Morgan fingerprint density at radius 1 is 1.30 bits per heavy atom. The largest absolute Gasteiger partial charge is 0.368 e. The average Bonchev–Trinajstić information content (AvgIpc) is 2.68. The van der Waals surface area contributed by atoms with E-state index in [1.807, 2.05) is 6.92 Å². The van der Waals surface area contributed by atoms with Crippen molar-refractivity contribution in [3.05, 3.63) is 0 Å². The van der Waals surface area contributed by atoms with Crippen molar-refractivity contribution in [3.8, 4) is 0 Å². The summed E-state index contributed by atoms with van der Waals surface area (Å²) in [6.07, 6.45) is 3.33. The van der Waals surface area contributed by atoms with Gasteiger partial charge in [0, 0.05) is 12.6 Å². The summed E-state index contributed by atoms with van der Waals surface area (Å²) in [5.74, 6) is 1.27. The molecule has 0 heterocycles. The second kappa shape index (κ2) is 5.32. The first kappa shape index (κ1) is 15.8. The van der Waals surface area contributed by atoms with Gasteiger partial charge in [-0.25, -0.2) is 0 Å². The van der Waals surface area contributed by atoms with E-state index < -0.39 is 0 Å². The summed E-state index contributed by atoms with van der Waals surface area (Å²) in [7, 11) is 0. The topological polar surface area (TPSA) is 38.3 Å². The molecule has 2 bridgehead atoms. The lowest BCUT2D eigenvalue weighted by Crippen LogP contribution is -2.49. The minimum Gasteiger partial charge on any atom is -0.368 e. The minimum atomic E-state index is -0.344. The van der Waals surface area contributed by atoms with Crippen molar-refractivity contribution in [1.82, 2.24) is 5.32 Å². The third-order valence-electron chi connectivity index (χ3n) is 6.16. The van der Waals surface area contributed by atoms with Gasteiger partial charge in [-0.15, -0.1) is 0 Å². The predicted octanol–water partition coefficient (Wildman–Crippen LogP) is 3.38. The molecule has 2 rings (SSSR count). The van der Waals surface area contributed by atoms with E-state index in [0.717, 1.165) is 12.3 Å². The Balaban J connectivity index is 1.93. The molecule has 0 aromatic carbocycles. The van der Waals surface area contributed by atoms with E-state index in [1.165, 1.54) is 12.8 Å². The van der Waals surface area contributed by atoms with Gasteiger partial charge in [0.05, 0.1) is 0 Å². The lowest BCUT2D eigenvalue weighted by molar-refractivity contribution is -0.134. The molecule has 1 amide bonds. The molecule has 3 heteroatoms. The first-order valence-corrected chi connectivity index (χ1v) is 8.10. The number of hydrogen-bond donors (Lipinski definition) is 1. The third kappa shape index (κ3) is 2.49. The Kier molecular flexibility index (Phi) is 4.21. The highest BCUT2D eigenvalue weighted by atomic mass is 16.5. The maximum absolute atomic E-state index is 12.3. The minimum absolute atomic E-state index is 0.0558. The van der Waals surface area contributed by atoms with E-state index in [-0.39, 0.29) is 17.4 Å². The standard InChI is InChI=1S/C17H31NO2/c1-11(2)10-20-12(3)15(19)18-14-9-13-7-8-17(14,6)16(13,4)5/h11-14H,7-10H2,1-6H3,(H,18,19)/t12-,13-,14+,17-/m1/s1. The normalized spacial score (nSPS) is 36.4. The maximum Gasteiger partial charge on any atom is 0.249 e. The van der Waals surface area contributed by atoms with Crippen LogP contribution in [0.15, 0.2) is 0 Å². The molecular weight excluding hydrogens is 250 g/mol. The Morgan fingerprint density at radius 2 is 1.95 bits per heavy atom. The number of carbonyl (C=O) groups excluding carboxylic acids is 1. The van der Waals surface area contributed by atoms with Crippen LogP contribution in [0.25, 0.3) is 0 Å². The molecule has 0 radical (unpaired) electrons. The van der Waals surface area contributed by atoms with E-state index in [0.29, 0.717) is 24.0 Å². The van der Waals surface area contributed by atoms with E-state index in [2.05, 4.69) is 39.9 Å². The number of nitrogens with one attached hydrogen (secondary N) is 1. The number of hydrogen-bond acceptors (Lipinski definition) is 2. The number of ether oxygens (including phenoxy) is 1. The molecule has 3 nitrogen and oxygen atoms in total. The number of rotatable bonds is 5. The molecule has 4 atom stereocenters. The monoisotopic (exact) mass is 281 g/mol. The molecule has 1 N–H and O–H groups in total. The zero-order chi connectivity index (χ0) is 15.1. The van der Waals surface area contributed by atoms with Crippen molar-refractivity contribution in [1.29, 1.82) is 0 Å². The van der Waals surface area contributed by atoms with Gasteiger partial charge in [0.15, 0.2) is 0 Å². The van der Waals surface area contributed by atoms with Crippen molar-refractivity contribution in [2.45, 2.75) is 73.0 Å². The first-order chi connectivity index (χ1) is 9.18. The molecule has 0 unspecified atom stereocenters. The SMILES string of the molecule is CC(C)CO[C@H](C)C(=O)N[C@H]1C[C@H]2CC[C@@]1(C)C2(C)C. The molecule has 2 aliphatic rings. The van der Waals surface area contributed by atoms with Crippen molar-refractivity contribution in [3.63, 3.8) is 0 Å². The van der Waals surface area contributed by atoms with Crippen molar-refractivity contribution in [2.24, 2.45) is 22.7 Å². The average molecular weight is 281 g/mol. The van der Waals surface area contributed by atoms with E-state index in [1.54, 1.807) is 0 Å². The quantitative estimate of drug-likeness (QED) is 0.839. The second-order valence-corrected chi connectivity index (χ2v) is 8.04. The molecule has 0 spiro atoms. The van der Waals surface area contributed by atoms with Gasteiger partial charge < -0.3 is 10.1 Å². The van der Waals surface area contributed by atoms with Crippen LogP contribution >= 0.6 is 0 Å². The second-order valence-electron chi connectivity index (χ2n) is 8.04. The van der Waals surface area contributed by atoms with Crippen LogP contribution in [0.2, 0.25) is 0 Å². The van der Waals surface area contributed by atoms with Crippen LogP contribution in [0.4, 0.5) is 0 Å². The molecular formula is C17H31NO2. The Hall–Kier alpha value is -0.570. The summed E-state index contributed by atoms with van der Waals surface area (Å²) in [4.78, 5) is 12.3. The molecule has 0 aromatic heterocycles. The van der Waals surface area contributed by atoms with Crippen molar-refractivity contribution < 1.29 is 9.53 Å². The fraction of sp³-hybridized carbons (Fsp3) is 0.941. The van der Waals surface area contributed by atoms with Gasteiger partial charge in [-0.3, -0.25) is 4.79 Å². The molecule has 2 aliphatic carbocycles. The molecule has 0 aromatic rings. The van der Waals surface area contributed by atoms with Crippen LogP contribution in [0.3, 0.4) is 0 Å². The van der Waals surface area contributed by atoms with E-state index >= 15 is 0 Å². The predicted molar refractivity (Wildman–Crippen MR) is 81.4 cm³/mol. The van der Waals surface area contributed by atoms with Gasteiger partial charge in [-0.2, -0.15) is 0 Å². The summed E-state index contributed by atoms with van der Waals surface area (Å²) < 4.78 is 5.63. The Morgan fingerprint density at radius 3 is 2.40 bits per heavy atom. The highest BCUT2D eigenvalue weighted by Crippen LogP contribution is 2.65. The van der Waals surface area contributed by atoms with Gasteiger partial charge in [0.2, 0.25) is 5.91 Å². The zero-order valence-corrected chi connectivity index (χ0v) is 14.0. The van der Waals surface area contributed by atoms with Crippen LogP contribution < -0.4 is 5.32 Å². The van der Waals surface area contributed by atoms with E-state index in [4.69, 9.17) is 4.74 Å². The summed E-state index contributed by atoms with van der Waals surface area (Å²) in [6.45, 7) is 13.8. The van der Waals surface area contributed by atoms with Gasteiger partial charge in [0.1, 0.15) is 6.10 Å².